The zero-order chi connectivity index (χ0) is 14.7. The van der Waals surface area contributed by atoms with Gasteiger partial charge in [0.2, 0.25) is 0 Å². The van der Waals surface area contributed by atoms with Crippen molar-refractivity contribution in [3.63, 3.8) is 0 Å². The molecule has 2 nitrogen and oxygen atoms in total. The first-order valence-corrected chi connectivity index (χ1v) is 9.97. The summed E-state index contributed by atoms with van der Waals surface area (Å²) in [6.07, 6.45) is 0. The van der Waals surface area contributed by atoms with Crippen molar-refractivity contribution in [2.24, 2.45) is 4.99 Å². The minimum atomic E-state index is -1.53. The first-order chi connectivity index (χ1) is 8.72. The zero-order valence-corrected chi connectivity index (χ0v) is 14.2. The van der Waals surface area contributed by atoms with E-state index in [2.05, 4.69) is 69.8 Å². The summed E-state index contributed by atoms with van der Waals surface area (Å²) < 4.78 is 5.66. The van der Waals surface area contributed by atoms with E-state index in [-0.39, 0.29) is 5.54 Å². The molecule has 3 heteroatoms. The fourth-order valence-corrected chi connectivity index (χ4v) is 4.13. The molecule has 19 heavy (non-hydrogen) atoms. The van der Waals surface area contributed by atoms with Crippen molar-refractivity contribution in [3.05, 3.63) is 35.4 Å². The van der Waals surface area contributed by atoms with Crippen LogP contribution >= 0.6 is 0 Å². The number of rotatable bonds is 6. The van der Waals surface area contributed by atoms with Gasteiger partial charge < -0.3 is 4.43 Å². The summed E-state index contributed by atoms with van der Waals surface area (Å²) in [5.41, 5.74) is 2.37. The minimum absolute atomic E-state index is 0.218. The van der Waals surface area contributed by atoms with Crippen molar-refractivity contribution in [3.8, 4) is 0 Å². The number of hydrogen-bond donors (Lipinski definition) is 0. The highest BCUT2D eigenvalue weighted by Gasteiger charge is 2.25. The molecule has 1 aromatic carbocycles. The van der Waals surface area contributed by atoms with E-state index in [9.17, 15) is 0 Å². The van der Waals surface area contributed by atoms with E-state index >= 15 is 0 Å². The summed E-state index contributed by atoms with van der Waals surface area (Å²) in [6, 6.07) is 9.85. The molecule has 0 aliphatic rings. The van der Waals surface area contributed by atoms with Gasteiger partial charge in [0.05, 0.1) is 5.54 Å². The Hall–Kier alpha value is -0.933. The van der Waals surface area contributed by atoms with Crippen LogP contribution in [0.4, 0.5) is 0 Å². The fraction of sp³-hybridized carbons (Fsp3) is 0.562. The average Bonchev–Trinajstić information content (AvgIpc) is 2.38. The number of aliphatic imine (C=N–C) groups is 1. The van der Waals surface area contributed by atoms with Crippen LogP contribution in [0.2, 0.25) is 19.1 Å². The van der Waals surface area contributed by atoms with Gasteiger partial charge in [-0.15, -0.1) is 0 Å². The molecule has 0 fully saturated rings. The number of nitrogens with zero attached hydrogens (tertiary/aromatic N) is 1. The maximum Gasteiger partial charge on any atom is 0.186 e. The smallest absolute Gasteiger partial charge is 0.186 e. The first kappa shape index (κ1) is 16.1. The molecule has 0 saturated carbocycles. The molecule has 0 saturated heterocycles. The van der Waals surface area contributed by atoms with E-state index in [1.54, 1.807) is 0 Å². The Balaban J connectivity index is 2.97. The van der Waals surface area contributed by atoms with Crippen molar-refractivity contribution in [1.29, 1.82) is 0 Å². The van der Waals surface area contributed by atoms with Crippen LogP contribution < -0.4 is 0 Å². The van der Waals surface area contributed by atoms with Gasteiger partial charge >= 0.3 is 0 Å². The van der Waals surface area contributed by atoms with E-state index in [0.717, 1.165) is 6.04 Å². The van der Waals surface area contributed by atoms with Crippen molar-refractivity contribution in [2.75, 3.05) is 7.11 Å². The molecule has 0 spiro atoms. The predicted octanol–water partition coefficient (Wildman–Crippen LogP) is 4.58. The quantitative estimate of drug-likeness (QED) is 0.551. The Morgan fingerprint density at radius 2 is 2.00 bits per heavy atom. The monoisotopic (exact) mass is 277 g/mol. The zero-order valence-electron chi connectivity index (χ0n) is 13.2. The summed E-state index contributed by atoms with van der Waals surface area (Å²) >= 11 is 0. The summed E-state index contributed by atoms with van der Waals surface area (Å²) in [5, 5.41) is 0. The topological polar surface area (TPSA) is 21.6 Å². The second-order valence-electron chi connectivity index (χ2n) is 6.41. The summed E-state index contributed by atoms with van der Waals surface area (Å²) in [7, 11) is 0.303. The van der Waals surface area contributed by atoms with Crippen LogP contribution in [0, 0.1) is 0 Å². The van der Waals surface area contributed by atoms with Crippen LogP contribution in [0.15, 0.2) is 29.3 Å². The van der Waals surface area contributed by atoms with E-state index in [4.69, 9.17) is 4.43 Å². The molecule has 0 radical (unpaired) electrons. The Labute approximate surface area is 119 Å². The van der Waals surface area contributed by atoms with Crippen LogP contribution in [-0.2, 0) is 9.96 Å². The minimum Gasteiger partial charge on any atom is -0.420 e. The lowest BCUT2D eigenvalue weighted by Crippen LogP contribution is -2.30. The molecule has 0 amide bonds. The third-order valence-corrected chi connectivity index (χ3v) is 6.61. The molecule has 1 unspecified atom stereocenters. The molecule has 0 heterocycles. The summed E-state index contributed by atoms with van der Waals surface area (Å²) in [6.45, 7) is 14.7. The normalized spacial score (nSPS) is 14.2. The standard InChI is InChI=1S/C16H27NOSi/c1-13(12-19(6,7)18-5)14-9-8-10-15(11-14)16(2,3)17-4/h8-11,13H,4,12H2,1-3,5-7H3. The van der Waals surface area contributed by atoms with Gasteiger partial charge in [-0.1, -0.05) is 31.2 Å². The van der Waals surface area contributed by atoms with Gasteiger partial charge in [0.25, 0.3) is 0 Å². The molecular formula is C16H27NOSi. The van der Waals surface area contributed by atoms with Crippen LogP contribution in [0.25, 0.3) is 0 Å². The van der Waals surface area contributed by atoms with Crippen LogP contribution in [-0.4, -0.2) is 22.1 Å². The van der Waals surface area contributed by atoms with Gasteiger partial charge in [-0.25, -0.2) is 0 Å². The van der Waals surface area contributed by atoms with E-state index in [1.165, 1.54) is 11.1 Å². The van der Waals surface area contributed by atoms with Crippen molar-refractivity contribution < 1.29 is 4.43 Å². The molecule has 0 aliphatic carbocycles. The molecule has 0 bridgehead atoms. The van der Waals surface area contributed by atoms with Gasteiger partial charge in [-0.3, -0.25) is 4.99 Å². The number of benzene rings is 1. The third-order valence-electron chi connectivity index (χ3n) is 3.91. The van der Waals surface area contributed by atoms with E-state index < -0.39 is 8.32 Å². The second kappa shape index (κ2) is 6.01. The molecule has 1 rings (SSSR count). The first-order valence-electron chi connectivity index (χ1n) is 6.85. The van der Waals surface area contributed by atoms with Crippen molar-refractivity contribution in [2.45, 2.75) is 51.4 Å². The SMILES string of the molecule is C=NC(C)(C)c1cccc(C(C)C[Si](C)(C)OC)c1. The fourth-order valence-electron chi connectivity index (χ4n) is 2.26. The Bertz CT molecular complexity index is 440. The Kier molecular flexibility index (Phi) is 5.10. The highest BCUT2D eigenvalue weighted by Crippen LogP contribution is 2.30. The molecule has 0 N–H and O–H groups in total. The summed E-state index contributed by atoms with van der Waals surface area (Å²) in [4.78, 5) is 4.22. The molecule has 0 aromatic heterocycles. The lowest BCUT2D eigenvalue weighted by Gasteiger charge is -2.26. The van der Waals surface area contributed by atoms with Crippen LogP contribution in [0.1, 0.15) is 37.8 Å². The maximum absolute atomic E-state index is 5.66. The van der Waals surface area contributed by atoms with Crippen molar-refractivity contribution >= 4 is 15.0 Å². The van der Waals surface area contributed by atoms with Gasteiger partial charge in [-0.2, -0.15) is 0 Å². The molecule has 106 valence electrons. The van der Waals surface area contributed by atoms with Crippen LogP contribution in [0.3, 0.4) is 0 Å². The van der Waals surface area contributed by atoms with Crippen molar-refractivity contribution in [1.82, 2.24) is 0 Å². The molecule has 0 aliphatic heterocycles. The second-order valence-corrected chi connectivity index (χ2v) is 10.7. The highest BCUT2D eigenvalue weighted by molar-refractivity contribution is 6.71. The predicted molar refractivity (Wildman–Crippen MR) is 86.7 cm³/mol. The average molecular weight is 277 g/mol. The van der Waals surface area contributed by atoms with Gasteiger partial charge in [0.15, 0.2) is 8.32 Å². The Morgan fingerprint density at radius 3 is 2.53 bits per heavy atom. The largest absolute Gasteiger partial charge is 0.420 e. The van der Waals surface area contributed by atoms with Gasteiger partial charge in [-0.05, 0) is 56.7 Å². The lowest BCUT2D eigenvalue weighted by atomic mass is 9.91. The van der Waals surface area contributed by atoms with Gasteiger partial charge in [0, 0.05) is 7.11 Å². The molecular weight excluding hydrogens is 250 g/mol. The van der Waals surface area contributed by atoms with Gasteiger partial charge in [0.1, 0.15) is 0 Å². The lowest BCUT2D eigenvalue weighted by molar-refractivity contribution is 0.400. The molecule has 1 atom stereocenters. The van der Waals surface area contributed by atoms with E-state index in [1.807, 2.05) is 7.11 Å². The molecule has 1 aromatic rings. The number of hydrogen-bond acceptors (Lipinski definition) is 2. The highest BCUT2D eigenvalue weighted by atomic mass is 28.4. The summed E-state index contributed by atoms with van der Waals surface area (Å²) in [5.74, 6) is 0.516. The maximum atomic E-state index is 5.66. The Morgan fingerprint density at radius 1 is 1.37 bits per heavy atom. The van der Waals surface area contributed by atoms with E-state index in [0.29, 0.717) is 5.92 Å². The van der Waals surface area contributed by atoms with Crippen LogP contribution in [0.5, 0.6) is 0 Å². The third kappa shape index (κ3) is 4.29.